The van der Waals surface area contributed by atoms with E-state index in [9.17, 15) is 14.4 Å². The summed E-state index contributed by atoms with van der Waals surface area (Å²) in [6.07, 6.45) is 3.17. The van der Waals surface area contributed by atoms with Crippen LogP contribution in [0, 0.1) is 30.6 Å². The molecular weight excluding hydrogens is 366 g/mol. The first-order valence-electron chi connectivity index (χ1n) is 10.2. The van der Waals surface area contributed by atoms with Gasteiger partial charge >= 0.3 is 0 Å². The van der Waals surface area contributed by atoms with Crippen LogP contribution in [0.15, 0.2) is 48.5 Å². The number of hydrogen-bond acceptors (Lipinski definition) is 4. The Morgan fingerprint density at radius 1 is 1.00 bits per heavy atom. The quantitative estimate of drug-likeness (QED) is 0.577. The molecule has 4 atom stereocenters. The van der Waals surface area contributed by atoms with Gasteiger partial charge in [-0.05, 0) is 61.8 Å². The molecule has 5 rings (SSSR count). The summed E-state index contributed by atoms with van der Waals surface area (Å²) in [5.41, 5.74) is 2.04. The van der Waals surface area contributed by atoms with Crippen molar-refractivity contribution in [1.82, 2.24) is 0 Å². The minimum absolute atomic E-state index is 0.0387. The maximum atomic E-state index is 13.0. The number of ether oxygens (including phenoxy) is 1. The predicted octanol–water partition coefficient (Wildman–Crippen LogP) is 3.79. The first-order chi connectivity index (χ1) is 14.0. The molecule has 2 bridgehead atoms. The van der Waals surface area contributed by atoms with E-state index in [1.54, 1.807) is 30.3 Å². The zero-order valence-electron chi connectivity index (χ0n) is 16.3. The van der Waals surface area contributed by atoms with E-state index in [0.29, 0.717) is 28.8 Å². The highest BCUT2D eigenvalue weighted by Gasteiger charge is 2.61. The second-order valence-electron chi connectivity index (χ2n) is 8.42. The number of nitrogens with zero attached hydrogens (tertiary/aromatic N) is 1. The number of aryl methyl sites for hydroxylation is 1. The molecule has 29 heavy (non-hydrogen) atoms. The third-order valence-corrected chi connectivity index (χ3v) is 6.80. The number of amides is 2. The summed E-state index contributed by atoms with van der Waals surface area (Å²) < 4.78 is 5.66. The van der Waals surface area contributed by atoms with Crippen LogP contribution in [0.1, 0.15) is 35.2 Å². The zero-order valence-corrected chi connectivity index (χ0v) is 16.3. The van der Waals surface area contributed by atoms with Crippen LogP contribution in [-0.4, -0.2) is 24.2 Å². The Bertz CT molecular complexity index is 971. The van der Waals surface area contributed by atoms with Gasteiger partial charge in [0.25, 0.3) is 0 Å². The van der Waals surface area contributed by atoms with Crippen LogP contribution in [0.4, 0.5) is 5.69 Å². The van der Waals surface area contributed by atoms with Crippen LogP contribution >= 0.6 is 0 Å². The second-order valence-corrected chi connectivity index (χ2v) is 8.42. The maximum Gasteiger partial charge on any atom is 0.237 e. The number of benzene rings is 2. The summed E-state index contributed by atoms with van der Waals surface area (Å²) in [6.45, 7) is 1.81. The molecule has 2 aromatic carbocycles. The molecule has 0 spiro atoms. The molecule has 2 aromatic rings. The Labute approximate surface area is 169 Å². The largest absolute Gasteiger partial charge is 0.485 e. The van der Waals surface area contributed by atoms with Gasteiger partial charge in [0, 0.05) is 5.56 Å². The summed E-state index contributed by atoms with van der Waals surface area (Å²) >= 11 is 0. The van der Waals surface area contributed by atoms with Gasteiger partial charge in [0.15, 0.2) is 12.4 Å². The molecule has 5 nitrogen and oxygen atoms in total. The second kappa shape index (κ2) is 6.83. The summed E-state index contributed by atoms with van der Waals surface area (Å²) in [5.74, 6) is 0.874. The first kappa shape index (κ1) is 18.1. The first-order valence-corrected chi connectivity index (χ1v) is 10.2. The minimum atomic E-state index is -0.125. The molecule has 3 aliphatic rings. The van der Waals surface area contributed by atoms with Crippen molar-refractivity contribution in [3.05, 3.63) is 59.7 Å². The lowest BCUT2D eigenvalue weighted by atomic mass is 9.81. The highest BCUT2D eigenvalue weighted by molar-refractivity contribution is 6.23. The van der Waals surface area contributed by atoms with Crippen molar-refractivity contribution >= 4 is 23.3 Å². The van der Waals surface area contributed by atoms with Crippen LogP contribution in [-0.2, 0) is 9.59 Å². The van der Waals surface area contributed by atoms with Crippen molar-refractivity contribution in [3.63, 3.8) is 0 Å². The minimum Gasteiger partial charge on any atom is -0.485 e. The maximum absolute atomic E-state index is 13.0. The van der Waals surface area contributed by atoms with E-state index < -0.39 is 0 Å². The van der Waals surface area contributed by atoms with Crippen LogP contribution in [0.5, 0.6) is 5.75 Å². The molecule has 0 radical (unpaired) electrons. The Balaban J connectivity index is 1.32. The highest BCUT2D eigenvalue weighted by atomic mass is 16.5. The molecule has 1 aliphatic heterocycles. The molecule has 1 heterocycles. The van der Waals surface area contributed by atoms with Crippen LogP contribution in [0.25, 0.3) is 0 Å². The number of imide groups is 1. The van der Waals surface area contributed by atoms with E-state index in [-0.39, 0.29) is 36.0 Å². The molecule has 4 unspecified atom stereocenters. The van der Waals surface area contributed by atoms with Crippen LogP contribution < -0.4 is 9.64 Å². The third kappa shape index (κ3) is 2.87. The van der Waals surface area contributed by atoms with Gasteiger partial charge in [-0.1, -0.05) is 30.3 Å². The molecule has 148 valence electrons. The number of ketones is 1. The normalized spacial score (nSPS) is 27.4. The van der Waals surface area contributed by atoms with Gasteiger partial charge in [-0.15, -0.1) is 0 Å². The number of anilines is 1. The van der Waals surface area contributed by atoms with Crippen molar-refractivity contribution in [1.29, 1.82) is 0 Å². The van der Waals surface area contributed by atoms with Crippen molar-refractivity contribution in [2.75, 3.05) is 11.5 Å². The molecule has 1 saturated heterocycles. The molecule has 3 fully saturated rings. The van der Waals surface area contributed by atoms with E-state index in [4.69, 9.17) is 4.74 Å². The lowest BCUT2D eigenvalue weighted by Crippen LogP contribution is -2.33. The van der Waals surface area contributed by atoms with Crippen molar-refractivity contribution < 1.29 is 19.1 Å². The molecule has 0 aromatic heterocycles. The monoisotopic (exact) mass is 389 g/mol. The average molecular weight is 389 g/mol. The van der Waals surface area contributed by atoms with Gasteiger partial charge in [0.2, 0.25) is 11.8 Å². The number of Topliss-reactive ketones (excluding diaryl/α,β-unsaturated/α-hetero) is 1. The number of carbonyl (C=O) groups is 3. The Morgan fingerprint density at radius 2 is 1.66 bits per heavy atom. The van der Waals surface area contributed by atoms with Crippen molar-refractivity contribution in [2.45, 2.75) is 26.2 Å². The zero-order chi connectivity index (χ0) is 20.1. The number of fused-ring (bicyclic) bond motifs is 5. The van der Waals surface area contributed by atoms with Crippen molar-refractivity contribution in [2.24, 2.45) is 23.7 Å². The molecule has 2 saturated carbocycles. The Kier molecular flexibility index (Phi) is 4.26. The fourth-order valence-electron chi connectivity index (χ4n) is 5.47. The summed E-state index contributed by atoms with van der Waals surface area (Å²) in [7, 11) is 0. The lowest BCUT2D eigenvalue weighted by molar-refractivity contribution is -0.123. The Morgan fingerprint density at radius 3 is 2.28 bits per heavy atom. The summed E-state index contributed by atoms with van der Waals surface area (Å²) in [5, 5.41) is 0. The molecule has 5 heteroatoms. The van der Waals surface area contributed by atoms with Gasteiger partial charge in [0.1, 0.15) is 5.75 Å². The fourth-order valence-corrected chi connectivity index (χ4v) is 5.47. The van der Waals surface area contributed by atoms with E-state index in [0.717, 1.165) is 24.8 Å². The third-order valence-electron chi connectivity index (χ3n) is 6.80. The number of rotatable bonds is 5. The highest BCUT2D eigenvalue weighted by Crippen LogP contribution is 2.56. The smallest absolute Gasteiger partial charge is 0.237 e. The fraction of sp³-hybridized carbons (Fsp3) is 0.375. The SMILES string of the molecule is Cc1cc(OCC(=O)c2ccccc2)ccc1N1C(=O)C2C3CCC(C3)C2C1=O. The molecular formula is C24H23NO4. The van der Waals surface area contributed by atoms with E-state index in [1.165, 1.54) is 4.90 Å². The summed E-state index contributed by atoms with van der Waals surface area (Å²) in [4.78, 5) is 39.7. The van der Waals surface area contributed by atoms with Gasteiger partial charge in [-0.2, -0.15) is 0 Å². The van der Waals surface area contributed by atoms with E-state index in [2.05, 4.69) is 0 Å². The van der Waals surface area contributed by atoms with Crippen molar-refractivity contribution in [3.8, 4) is 5.75 Å². The van der Waals surface area contributed by atoms with Crippen LogP contribution in [0.2, 0.25) is 0 Å². The lowest BCUT2D eigenvalue weighted by Gasteiger charge is -2.20. The predicted molar refractivity (Wildman–Crippen MR) is 108 cm³/mol. The molecule has 2 aliphatic carbocycles. The number of carbonyl (C=O) groups excluding carboxylic acids is 3. The topological polar surface area (TPSA) is 63.7 Å². The van der Waals surface area contributed by atoms with Gasteiger partial charge in [-0.25, -0.2) is 4.90 Å². The molecule has 2 amide bonds. The molecule has 0 N–H and O–H groups in total. The Hall–Kier alpha value is -2.95. The average Bonchev–Trinajstić information content (AvgIpc) is 3.41. The van der Waals surface area contributed by atoms with E-state index in [1.807, 2.05) is 25.1 Å². The number of hydrogen-bond donors (Lipinski definition) is 0. The standard InChI is InChI=1S/C24H23NO4/c1-14-11-18(29-13-20(26)15-5-3-2-4-6-15)9-10-19(14)25-23(27)21-16-7-8-17(12-16)22(21)24(25)28/h2-6,9-11,16-17,21-22H,7-8,12-13H2,1H3. The van der Waals surface area contributed by atoms with Gasteiger partial charge in [0.05, 0.1) is 17.5 Å². The van der Waals surface area contributed by atoms with Crippen LogP contribution in [0.3, 0.4) is 0 Å². The summed E-state index contributed by atoms with van der Waals surface area (Å²) in [6, 6.07) is 14.3. The van der Waals surface area contributed by atoms with Gasteiger partial charge < -0.3 is 4.74 Å². The van der Waals surface area contributed by atoms with E-state index >= 15 is 0 Å². The van der Waals surface area contributed by atoms with Gasteiger partial charge in [-0.3, -0.25) is 14.4 Å².